The summed E-state index contributed by atoms with van der Waals surface area (Å²) in [6, 6.07) is 6.36. The molecule has 0 bridgehead atoms. The first-order valence-corrected chi connectivity index (χ1v) is 10.1. The van der Waals surface area contributed by atoms with Crippen LogP contribution in [0, 0.1) is 6.92 Å². The van der Waals surface area contributed by atoms with Crippen LogP contribution in [-0.2, 0) is 14.6 Å². The second kappa shape index (κ2) is 6.42. The lowest BCUT2D eigenvalue weighted by Gasteiger charge is -2.27. The highest BCUT2D eigenvalue weighted by atomic mass is 32.2. The van der Waals surface area contributed by atoms with Gasteiger partial charge < -0.3 is 0 Å². The molecule has 3 amide bonds. The maximum Gasteiger partial charge on any atom is 0.333 e. The largest absolute Gasteiger partial charge is 0.333 e. The molecule has 2 aliphatic heterocycles. The van der Waals surface area contributed by atoms with Gasteiger partial charge in [0.05, 0.1) is 18.2 Å². The molecule has 2 heterocycles. The Labute approximate surface area is 148 Å². The van der Waals surface area contributed by atoms with Gasteiger partial charge in [0.2, 0.25) is 0 Å². The van der Waals surface area contributed by atoms with Crippen LogP contribution in [0.1, 0.15) is 18.9 Å². The normalized spacial score (nSPS) is 26.1. The number of imide groups is 1. The van der Waals surface area contributed by atoms with Crippen LogP contribution >= 0.6 is 0 Å². The first-order chi connectivity index (χ1) is 11.7. The molecule has 1 aromatic rings. The van der Waals surface area contributed by atoms with Crippen molar-refractivity contribution >= 4 is 27.5 Å². The highest BCUT2D eigenvalue weighted by Gasteiger charge is 2.44. The van der Waals surface area contributed by atoms with E-state index in [0.29, 0.717) is 12.1 Å². The van der Waals surface area contributed by atoms with Crippen LogP contribution in [0.5, 0.6) is 0 Å². The zero-order chi connectivity index (χ0) is 18.4. The number of carbonyl (C=O) groups excluding carboxylic acids is 2. The number of nitrogens with zero attached hydrogens (tertiary/aromatic N) is 3. The Morgan fingerprint density at radius 1 is 1.20 bits per heavy atom. The fourth-order valence-corrected chi connectivity index (χ4v) is 5.16. The van der Waals surface area contributed by atoms with Crippen LogP contribution in [-0.4, -0.2) is 67.5 Å². The Morgan fingerprint density at radius 3 is 2.40 bits per heavy atom. The number of hydrogen-bond acceptors (Lipinski definition) is 5. The van der Waals surface area contributed by atoms with Crippen molar-refractivity contribution in [2.45, 2.75) is 32.4 Å². The molecule has 136 valence electrons. The lowest BCUT2D eigenvalue weighted by molar-refractivity contribution is -0.128. The van der Waals surface area contributed by atoms with Crippen molar-refractivity contribution in [3.8, 4) is 0 Å². The lowest BCUT2D eigenvalue weighted by atomic mass is 10.2. The van der Waals surface area contributed by atoms with Gasteiger partial charge in [-0.1, -0.05) is 17.7 Å². The molecule has 2 aliphatic rings. The highest BCUT2D eigenvalue weighted by Crippen LogP contribution is 2.27. The van der Waals surface area contributed by atoms with Gasteiger partial charge in [0, 0.05) is 11.7 Å². The van der Waals surface area contributed by atoms with E-state index in [4.69, 9.17) is 0 Å². The van der Waals surface area contributed by atoms with Gasteiger partial charge in [-0.2, -0.15) is 0 Å². The Hall–Kier alpha value is -1.93. The molecule has 2 atom stereocenters. The summed E-state index contributed by atoms with van der Waals surface area (Å²) in [6.07, 6.45) is 0.534. The van der Waals surface area contributed by atoms with E-state index >= 15 is 0 Å². The molecule has 0 radical (unpaired) electrons. The Balaban J connectivity index is 1.75. The minimum atomic E-state index is -3.01. The zero-order valence-corrected chi connectivity index (χ0v) is 15.5. The van der Waals surface area contributed by atoms with E-state index in [1.807, 2.05) is 31.2 Å². The maximum atomic E-state index is 12.8. The van der Waals surface area contributed by atoms with Crippen molar-refractivity contribution in [3.63, 3.8) is 0 Å². The molecule has 1 aromatic carbocycles. The van der Waals surface area contributed by atoms with Gasteiger partial charge in [-0.3, -0.25) is 14.6 Å². The molecule has 0 N–H and O–H groups in total. The maximum absolute atomic E-state index is 12.8. The number of anilines is 1. The van der Waals surface area contributed by atoms with Gasteiger partial charge >= 0.3 is 6.03 Å². The topological polar surface area (TPSA) is 78.0 Å². The average Bonchev–Trinajstić information content (AvgIpc) is 3.01. The summed E-state index contributed by atoms with van der Waals surface area (Å²) in [5.74, 6) is -0.0227. The molecule has 2 unspecified atom stereocenters. The molecule has 3 rings (SSSR count). The molecule has 2 saturated heterocycles. The first kappa shape index (κ1) is 17.9. The van der Waals surface area contributed by atoms with Gasteiger partial charge in [0.25, 0.3) is 5.91 Å². The number of carbonyl (C=O) groups is 2. The van der Waals surface area contributed by atoms with Gasteiger partial charge in [0.15, 0.2) is 9.84 Å². The number of amides is 3. The Kier molecular flexibility index (Phi) is 4.59. The number of hydrogen-bond donors (Lipinski definition) is 0. The van der Waals surface area contributed by atoms with Crippen LogP contribution in [0.25, 0.3) is 0 Å². The summed E-state index contributed by atoms with van der Waals surface area (Å²) in [7, 11) is -1.25. The van der Waals surface area contributed by atoms with Gasteiger partial charge in [-0.15, -0.1) is 0 Å². The van der Waals surface area contributed by atoms with Gasteiger partial charge in [-0.05, 0) is 39.4 Å². The predicted octanol–water partition coefficient (Wildman–Crippen LogP) is 1.23. The Bertz CT molecular complexity index is 791. The first-order valence-electron chi connectivity index (χ1n) is 8.31. The SMILES string of the molecule is Cc1ccc(N2C(=O)N(CN(C)C3CCS(=O)(=O)C3)C(=O)C2C)cc1. The molecule has 8 heteroatoms. The van der Waals surface area contributed by atoms with E-state index in [0.717, 1.165) is 5.56 Å². The lowest BCUT2D eigenvalue weighted by Crippen LogP contribution is -2.45. The van der Waals surface area contributed by atoms with Crippen LogP contribution in [0.2, 0.25) is 0 Å². The fraction of sp³-hybridized carbons (Fsp3) is 0.529. The Morgan fingerprint density at radius 2 is 1.84 bits per heavy atom. The molecule has 0 aromatic heterocycles. The summed E-state index contributed by atoms with van der Waals surface area (Å²) < 4.78 is 23.3. The monoisotopic (exact) mass is 365 g/mol. The van der Waals surface area contributed by atoms with E-state index in [2.05, 4.69) is 0 Å². The summed E-state index contributed by atoms with van der Waals surface area (Å²) in [4.78, 5) is 29.8. The van der Waals surface area contributed by atoms with E-state index in [-0.39, 0.29) is 36.2 Å². The van der Waals surface area contributed by atoms with Crippen molar-refractivity contribution in [2.24, 2.45) is 0 Å². The quantitative estimate of drug-likeness (QED) is 0.750. The van der Waals surface area contributed by atoms with Crippen LogP contribution < -0.4 is 4.90 Å². The molecule has 7 nitrogen and oxygen atoms in total. The van der Waals surface area contributed by atoms with Crippen molar-refractivity contribution in [1.29, 1.82) is 0 Å². The van der Waals surface area contributed by atoms with Crippen LogP contribution in [0.3, 0.4) is 0 Å². The van der Waals surface area contributed by atoms with E-state index in [9.17, 15) is 18.0 Å². The third-order valence-electron chi connectivity index (χ3n) is 4.96. The van der Waals surface area contributed by atoms with E-state index in [1.54, 1.807) is 18.9 Å². The van der Waals surface area contributed by atoms with Crippen LogP contribution in [0.4, 0.5) is 10.5 Å². The van der Waals surface area contributed by atoms with E-state index in [1.165, 1.54) is 9.80 Å². The van der Waals surface area contributed by atoms with Crippen molar-refractivity contribution in [3.05, 3.63) is 29.8 Å². The predicted molar refractivity (Wildman–Crippen MR) is 95.1 cm³/mol. The summed E-state index contributed by atoms with van der Waals surface area (Å²) >= 11 is 0. The van der Waals surface area contributed by atoms with Gasteiger partial charge in [0.1, 0.15) is 6.04 Å². The average molecular weight is 365 g/mol. The number of benzene rings is 1. The molecular formula is C17H23N3O4S. The smallest absolute Gasteiger partial charge is 0.285 e. The van der Waals surface area contributed by atoms with Crippen molar-refractivity contribution in [2.75, 3.05) is 30.1 Å². The van der Waals surface area contributed by atoms with Gasteiger partial charge in [-0.25, -0.2) is 18.1 Å². The summed E-state index contributed by atoms with van der Waals surface area (Å²) in [6.45, 7) is 3.77. The number of rotatable bonds is 4. The third-order valence-corrected chi connectivity index (χ3v) is 6.71. The minimum Gasteiger partial charge on any atom is -0.285 e. The molecular weight excluding hydrogens is 342 g/mol. The summed E-state index contributed by atoms with van der Waals surface area (Å²) in [5, 5.41) is 0. The molecule has 25 heavy (non-hydrogen) atoms. The highest BCUT2D eigenvalue weighted by molar-refractivity contribution is 7.91. The standard InChI is InChI=1S/C17H23N3O4S/c1-12-4-6-14(7-5-12)20-13(2)16(21)19(17(20)22)11-18(3)15-8-9-25(23,24)10-15/h4-7,13,15H,8-11H2,1-3H3. The van der Waals surface area contributed by atoms with Crippen LogP contribution in [0.15, 0.2) is 24.3 Å². The third kappa shape index (κ3) is 3.41. The molecule has 0 spiro atoms. The van der Waals surface area contributed by atoms with Crippen molar-refractivity contribution in [1.82, 2.24) is 9.80 Å². The number of urea groups is 1. The molecule has 0 aliphatic carbocycles. The summed E-state index contributed by atoms with van der Waals surface area (Å²) in [5.41, 5.74) is 1.76. The zero-order valence-electron chi connectivity index (χ0n) is 14.7. The number of sulfone groups is 1. The second-order valence-electron chi connectivity index (χ2n) is 6.89. The second-order valence-corrected chi connectivity index (χ2v) is 9.11. The molecule has 0 saturated carbocycles. The fourth-order valence-electron chi connectivity index (χ4n) is 3.36. The number of aryl methyl sites for hydroxylation is 1. The van der Waals surface area contributed by atoms with E-state index < -0.39 is 15.9 Å². The minimum absolute atomic E-state index is 0.0803. The molecule has 2 fully saturated rings. The van der Waals surface area contributed by atoms with Crippen molar-refractivity contribution < 1.29 is 18.0 Å².